The Morgan fingerprint density at radius 1 is 0.909 bits per heavy atom. The van der Waals surface area contributed by atoms with Crippen LogP contribution in [0, 0.1) is 0 Å². The van der Waals surface area contributed by atoms with Crippen molar-refractivity contribution in [3.63, 3.8) is 0 Å². The molecule has 0 aliphatic rings. The highest BCUT2D eigenvalue weighted by Gasteiger charge is 2.10. The molecule has 0 aliphatic heterocycles. The Kier molecular flexibility index (Phi) is 6.64. The fourth-order valence-electron chi connectivity index (χ4n) is 0.832. The van der Waals surface area contributed by atoms with Gasteiger partial charge in [-0.15, -0.1) is 23.5 Å². The Balaban J connectivity index is 3.58. The molecule has 0 saturated carbocycles. The van der Waals surface area contributed by atoms with Crippen LogP contribution in [0.2, 0.25) is 0 Å². The van der Waals surface area contributed by atoms with E-state index in [9.17, 15) is 0 Å². The maximum atomic E-state index is 2.27. The first-order valence-corrected chi connectivity index (χ1v) is 6.25. The Hall–Kier alpha value is 0.700. The minimum absolute atomic E-state index is 0.770. The molecule has 68 valence electrons. The maximum absolute atomic E-state index is 2.27. The second-order valence-corrected chi connectivity index (χ2v) is 7.07. The van der Waals surface area contributed by atoms with E-state index in [1.165, 1.54) is 6.42 Å². The summed E-state index contributed by atoms with van der Waals surface area (Å²) in [5.74, 6) is 0. The van der Waals surface area contributed by atoms with Gasteiger partial charge >= 0.3 is 0 Å². The molecular weight excluding hydrogens is 172 g/mol. The summed E-state index contributed by atoms with van der Waals surface area (Å²) in [5, 5.41) is 1.54. The molecule has 0 heterocycles. The first-order chi connectivity index (χ1) is 5.06. The van der Waals surface area contributed by atoms with Crippen molar-refractivity contribution in [2.24, 2.45) is 0 Å². The molecule has 0 bridgehead atoms. The standard InChI is InChI=1S/C9H20S2/c1-6-9(10-7(2)3)11-8(4)5/h7-9H,6H2,1-5H3. The monoisotopic (exact) mass is 192 g/mol. The van der Waals surface area contributed by atoms with Crippen molar-refractivity contribution < 1.29 is 0 Å². The van der Waals surface area contributed by atoms with Crippen LogP contribution in [-0.2, 0) is 0 Å². The van der Waals surface area contributed by atoms with E-state index in [0.29, 0.717) is 0 Å². The van der Waals surface area contributed by atoms with Gasteiger partial charge in [0.2, 0.25) is 0 Å². The average molecular weight is 192 g/mol. The molecule has 0 nitrogen and oxygen atoms in total. The molecule has 0 N–H and O–H groups in total. The van der Waals surface area contributed by atoms with Crippen molar-refractivity contribution in [3.05, 3.63) is 0 Å². The third kappa shape index (κ3) is 7.07. The molecule has 0 atom stereocenters. The van der Waals surface area contributed by atoms with Crippen molar-refractivity contribution in [2.45, 2.75) is 56.1 Å². The summed E-state index contributed by atoms with van der Waals surface area (Å²) >= 11 is 4.18. The van der Waals surface area contributed by atoms with Crippen molar-refractivity contribution in [3.8, 4) is 0 Å². The predicted molar refractivity (Wildman–Crippen MR) is 59.5 cm³/mol. The summed E-state index contributed by atoms with van der Waals surface area (Å²) in [6, 6.07) is 0. The van der Waals surface area contributed by atoms with Gasteiger partial charge < -0.3 is 0 Å². The summed E-state index contributed by atoms with van der Waals surface area (Å²) in [5.41, 5.74) is 0. The van der Waals surface area contributed by atoms with Gasteiger partial charge in [0, 0.05) is 10.5 Å². The predicted octanol–water partition coefficient (Wildman–Crippen LogP) is 4.01. The van der Waals surface area contributed by atoms with Crippen molar-refractivity contribution in [2.75, 3.05) is 0 Å². The topological polar surface area (TPSA) is 0 Å². The van der Waals surface area contributed by atoms with Crippen LogP contribution in [0.5, 0.6) is 0 Å². The van der Waals surface area contributed by atoms with E-state index in [-0.39, 0.29) is 0 Å². The first kappa shape index (κ1) is 11.7. The highest BCUT2D eigenvalue weighted by atomic mass is 32.2. The second-order valence-electron chi connectivity index (χ2n) is 3.21. The highest BCUT2D eigenvalue weighted by Crippen LogP contribution is 2.32. The van der Waals surface area contributed by atoms with E-state index in [1.54, 1.807) is 0 Å². The molecule has 11 heavy (non-hydrogen) atoms. The van der Waals surface area contributed by atoms with E-state index >= 15 is 0 Å². The van der Waals surface area contributed by atoms with E-state index in [4.69, 9.17) is 0 Å². The number of hydrogen-bond acceptors (Lipinski definition) is 2. The van der Waals surface area contributed by atoms with E-state index < -0.39 is 0 Å². The molecule has 0 amide bonds. The van der Waals surface area contributed by atoms with Gasteiger partial charge in [0.15, 0.2) is 0 Å². The lowest BCUT2D eigenvalue weighted by atomic mass is 10.5. The molecule has 2 heteroatoms. The SMILES string of the molecule is CCC(SC(C)C)SC(C)C. The largest absolute Gasteiger partial charge is 0.145 e. The highest BCUT2D eigenvalue weighted by molar-refractivity contribution is 8.17. The van der Waals surface area contributed by atoms with Gasteiger partial charge in [0.05, 0.1) is 4.58 Å². The zero-order valence-electron chi connectivity index (χ0n) is 8.26. The summed E-state index contributed by atoms with van der Waals surface area (Å²) < 4.78 is 0.801. The molecule has 0 saturated heterocycles. The van der Waals surface area contributed by atoms with Crippen LogP contribution >= 0.6 is 23.5 Å². The smallest absolute Gasteiger partial charge is 0.0505 e. The lowest BCUT2D eigenvalue weighted by Crippen LogP contribution is -2.04. The zero-order valence-corrected chi connectivity index (χ0v) is 9.89. The van der Waals surface area contributed by atoms with Crippen molar-refractivity contribution in [1.29, 1.82) is 0 Å². The lowest BCUT2D eigenvalue weighted by Gasteiger charge is -2.18. The van der Waals surface area contributed by atoms with Gasteiger partial charge in [-0.05, 0) is 6.42 Å². The maximum Gasteiger partial charge on any atom is 0.0505 e. The van der Waals surface area contributed by atoms with Crippen molar-refractivity contribution >= 4 is 23.5 Å². The van der Waals surface area contributed by atoms with Crippen LogP contribution in [0.15, 0.2) is 0 Å². The molecule has 0 rings (SSSR count). The van der Waals surface area contributed by atoms with E-state index in [2.05, 4.69) is 58.1 Å². The Morgan fingerprint density at radius 2 is 1.27 bits per heavy atom. The normalized spacial score (nSPS) is 12.0. The summed E-state index contributed by atoms with van der Waals surface area (Å²) in [6.07, 6.45) is 1.28. The zero-order chi connectivity index (χ0) is 8.85. The van der Waals surface area contributed by atoms with Crippen LogP contribution in [0.4, 0.5) is 0 Å². The van der Waals surface area contributed by atoms with Gasteiger partial charge in [0.1, 0.15) is 0 Å². The van der Waals surface area contributed by atoms with Crippen LogP contribution < -0.4 is 0 Å². The Labute approximate surface area is 79.9 Å². The van der Waals surface area contributed by atoms with Gasteiger partial charge in [-0.2, -0.15) is 0 Å². The molecular formula is C9H20S2. The molecule has 0 aliphatic carbocycles. The molecule has 0 radical (unpaired) electrons. The third-order valence-electron chi connectivity index (χ3n) is 1.18. The summed E-state index contributed by atoms with van der Waals surface area (Å²) in [4.78, 5) is 0. The van der Waals surface area contributed by atoms with Gasteiger partial charge in [-0.1, -0.05) is 34.6 Å². The van der Waals surface area contributed by atoms with Crippen molar-refractivity contribution in [1.82, 2.24) is 0 Å². The fraction of sp³-hybridized carbons (Fsp3) is 1.00. The van der Waals surface area contributed by atoms with Gasteiger partial charge in [-0.25, -0.2) is 0 Å². The Morgan fingerprint density at radius 3 is 1.45 bits per heavy atom. The third-order valence-corrected chi connectivity index (χ3v) is 4.21. The second kappa shape index (κ2) is 6.24. The number of thioether (sulfide) groups is 2. The van der Waals surface area contributed by atoms with Crippen LogP contribution in [0.25, 0.3) is 0 Å². The molecule has 0 spiro atoms. The molecule has 0 unspecified atom stereocenters. The minimum atomic E-state index is 0.770. The summed E-state index contributed by atoms with van der Waals surface area (Å²) in [7, 11) is 0. The minimum Gasteiger partial charge on any atom is -0.145 e. The number of rotatable bonds is 5. The molecule has 0 aromatic carbocycles. The van der Waals surface area contributed by atoms with Crippen LogP contribution in [-0.4, -0.2) is 15.1 Å². The van der Waals surface area contributed by atoms with Crippen LogP contribution in [0.3, 0.4) is 0 Å². The lowest BCUT2D eigenvalue weighted by molar-refractivity contribution is 1.01. The van der Waals surface area contributed by atoms with Gasteiger partial charge in [-0.3, -0.25) is 0 Å². The molecule has 0 fully saturated rings. The van der Waals surface area contributed by atoms with Gasteiger partial charge in [0.25, 0.3) is 0 Å². The first-order valence-electron chi connectivity index (χ1n) is 4.37. The quantitative estimate of drug-likeness (QED) is 0.604. The molecule has 0 aromatic heterocycles. The molecule has 0 aromatic rings. The fourth-order valence-corrected chi connectivity index (χ4v) is 4.02. The van der Waals surface area contributed by atoms with Crippen LogP contribution in [0.1, 0.15) is 41.0 Å². The van der Waals surface area contributed by atoms with E-state index in [0.717, 1.165) is 15.1 Å². The Bertz CT molecular complexity index is 79.6. The van der Waals surface area contributed by atoms with E-state index in [1.807, 2.05) is 0 Å². The summed E-state index contributed by atoms with van der Waals surface area (Å²) in [6.45, 7) is 11.4. The number of hydrogen-bond donors (Lipinski definition) is 0. The average Bonchev–Trinajstić information content (AvgIpc) is 1.84.